The van der Waals surface area contributed by atoms with E-state index >= 15 is 0 Å². The Kier molecular flexibility index (Phi) is 4.45. The summed E-state index contributed by atoms with van der Waals surface area (Å²) < 4.78 is 9.75. The lowest BCUT2D eigenvalue weighted by molar-refractivity contribution is -0.167. The van der Waals surface area contributed by atoms with Crippen LogP contribution in [0, 0.1) is 5.92 Å². The summed E-state index contributed by atoms with van der Waals surface area (Å²) >= 11 is 0. The predicted octanol–water partition coefficient (Wildman–Crippen LogP) is 0.0483. The molecular formula is C12H19NO5. The molecule has 0 radical (unpaired) electrons. The highest BCUT2D eigenvalue weighted by Crippen LogP contribution is 2.18. The number of carbonyl (C=O) groups is 3. The van der Waals surface area contributed by atoms with Gasteiger partial charge in [0, 0.05) is 13.0 Å². The molecule has 2 atom stereocenters. The van der Waals surface area contributed by atoms with E-state index < -0.39 is 29.5 Å². The standard InChI is InChI=1S/C12H19NO5/c1-12(2,3)18-11(16)9-8(10(15)17-4)7(14)5-6-13-9/h8-9,13H,5-6H2,1-4H3. The summed E-state index contributed by atoms with van der Waals surface area (Å²) in [5, 5.41) is 2.84. The third-order valence-corrected chi connectivity index (χ3v) is 2.53. The summed E-state index contributed by atoms with van der Waals surface area (Å²) in [7, 11) is 1.19. The molecule has 1 N–H and O–H groups in total. The molecule has 0 aromatic rings. The lowest BCUT2D eigenvalue weighted by atomic mass is 9.89. The number of carbonyl (C=O) groups excluding carboxylic acids is 3. The van der Waals surface area contributed by atoms with Crippen LogP contribution < -0.4 is 5.32 Å². The van der Waals surface area contributed by atoms with Crippen LogP contribution in [-0.2, 0) is 23.9 Å². The van der Waals surface area contributed by atoms with Crippen molar-refractivity contribution in [3.63, 3.8) is 0 Å². The number of hydrogen-bond donors (Lipinski definition) is 1. The highest BCUT2D eigenvalue weighted by molar-refractivity contribution is 6.04. The molecule has 1 saturated heterocycles. The minimum atomic E-state index is -1.11. The van der Waals surface area contributed by atoms with Crippen molar-refractivity contribution < 1.29 is 23.9 Å². The summed E-state index contributed by atoms with van der Waals surface area (Å²) in [5.41, 5.74) is -0.667. The first-order valence-corrected chi connectivity index (χ1v) is 5.83. The van der Waals surface area contributed by atoms with E-state index in [2.05, 4.69) is 10.1 Å². The molecule has 1 fully saturated rings. The number of nitrogens with one attached hydrogen (secondary N) is 1. The Morgan fingerprint density at radius 3 is 2.39 bits per heavy atom. The van der Waals surface area contributed by atoms with Crippen LogP contribution in [0.1, 0.15) is 27.2 Å². The predicted molar refractivity (Wildman–Crippen MR) is 62.8 cm³/mol. The molecule has 1 rings (SSSR count). The van der Waals surface area contributed by atoms with Gasteiger partial charge in [-0.1, -0.05) is 0 Å². The Morgan fingerprint density at radius 2 is 1.89 bits per heavy atom. The van der Waals surface area contributed by atoms with Gasteiger partial charge in [-0.05, 0) is 20.8 Å². The van der Waals surface area contributed by atoms with Crippen LogP contribution >= 0.6 is 0 Å². The number of ketones is 1. The number of hydrogen-bond acceptors (Lipinski definition) is 6. The molecule has 102 valence electrons. The second-order valence-corrected chi connectivity index (χ2v) is 5.18. The van der Waals surface area contributed by atoms with Crippen molar-refractivity contribution in [3.05, 3.63) is 0 Å². The number of methoxy groups -OCH3 is 1. The quantitative estimate of drug-likeness (QED) is 0.556. The number of ether oxygens (including phenoxy) is 2. The van der Waals surface area contributed by atoms with Gasteiger partial charge >= 0.3 is 11.9 Å². The normalized spacial score (nSPS) is 24.6. The van der Waals surface area contributed by atoms with E-state index in [1.807, 2.05) is 0 Å². The number of esters is 2. The molecule has 1 heterocycles. The van der Waals surface area contributed by atoms with Crippen molar-refractivity contribution in [1.82, 2.24) is 5.32 Å². The van der Waals surface area contributed by atoms with Crippen LogP contribution in [0.2, 0.25) is 0 Å². The van der Waals surface area contributed by atoms with Crippen molar-refractivity contribution in [2.24, 2.45) is 5.92 Å². The first-order valence-electron chi connectivity index (χ1n) is 5.83. The van der Waals surface area contributed by atoms with Gasteiger partial charge in [0.05, 0.1) is 7.11 Å². The second-order valence-electron chi connectivity index (χ2n) is 5.18. The summed E-state index contributed by atoms with van der Waals surface area (Å²) in [6, 6.07) is -0.960. The Labute approximate surface area is 106 Å². The fourth-order valence-electron chi connectivity index (χ4n) is 1.79. The zero-order valence-electron chi connectivity index (χ0n) is 11.1. The van der Waals surface area contributed by atoms with Gasteiger partial charge in [-0.25, -0.2) is 0 Å². The van der Waals surface area contributed by atoms with Gasteiger partial charge in [0.25, 0.3) is 0 Å². The van der Waals surface area contributed by atoms with E-state index in [0.29, 0.717) is 6.54 Å². The SMILES string of the molecule is COC(=O)C1C(=O)CCNC1C(=O)OC(C)(C)C. The van der Waals surface area contributed by atoms with Crippen molar-refractivity contribution in [3.8, 4) is 0 Å². The summed E-state index contributed by atoms with van der Waals surface area (Å²) in [6.45, 7) is 5.53. The van der Waals surface area contributed by atoms with Crippen LogP contribution in [0.15, 0.2) is 0 Å². The number of piperidine rings is 1. The highest BCUT2D eigenvalue weighted by atomic mass is 16.6. The maximum absolute atomic E-state index is 11.9. The molecule has 0 aliphatic carbocycles. The van der Waals surface area contributed by atoms with E-state index in [1.54, 1.807) is 20.8 Å². The van der Waals surface area contributed by atoms with Gasteiger partial charge in [0.2, 0.25) is 0 Å². The van der Waals surface area contributed by atoms with E-state index in [4.69, 9.17) is 4.74 Å². The molecule has 18 heavy (non-hydrogen) atoms. The molecule has 1 aliphatic rings. The van der Waals surface area contributed by atoms with Gasteiger partial charge in [-0.3, -0.25) is 14.4 Å². The van der Waals surface area contributed by atoms with Gasteiger partial charge < -0.3 is 14.8 Å². The second kappa shape index (κ2) is 5.48. The lowest BCUT2D eigenvalue weighted by Crippen LogP contribution is -2.55. The van der Waals surface area contributed by atoms with Crippen molar-refractivity contribution in [2.45, 2.75) is 38.8 Å². The molecule has 1 aliphatic heterocycles. The van der Waals surface area contributed by atoms with E-state index in [0.717, 1.165) is 0 Å². The summed E-state index contributed by atoms with van der Waals surface area (Å²) in [4.78, 5) is 35.2. The van der Waals surface area contributed by atoms with Gasteiger partial charge in [-0.15, -0.1) is 0 Å². The Morgan fingerprint density at radius 1 is 1.28 bits per heavy atom. The van der Waals surface area contributed by atoms with E-state index in [1.165, 1.54) is 7.11 Å². The molecule has 0 saturated carbocycles. The first-order chi connectivity index (χ1) is 8.26. The molecule has 0 spiro atoms. The van der Waals surface area contributed by atoms with Crippen molar-refractivity contribution in [2.75, 3.05) is 13.7 Å². The largest absolute Gasteiger partial charge is 0.468 e. The molecule has 0 bridgehead atoms. The maximum atomic E-state index is 11.9. The Bertz CT molecular complexity index is 350. The smallest absolute Gasteiger partial charge is 0.325 e. The van der Waals surface area contributed by atoms with E-state index in [-0.39, 0.29) is 12.2 Å². The summed E-state index contributed by atoms with van der Waals surface area (Å²) in [6.07, 6.45) is 0.207. The van der Waals surface area contributed by atoms with Gasteiger partial charge in [-0.2, -0.15) is 0 Å². The van der Waals surface area contributed by atoms with Gasteiger partial charge in [0.1, 0.15) is 17.6 Å². The molecule has 6 heteroatoms. The fourth-order valence-corrected chi connectivity index (χ4v) is 1.79. The fraction of sp³-hybridized carbons (Fsp3) is 0.750. The van der Waals surface area contributed by atoms with Crippen LogP contribution in [0.3, 0.4) is 0 Å². The minimum absolute atomic E-state index is 0.207. The average molecular weight is 257 g/mol. The lowest BCUT2D eigenvalue weighted by Gasteiger charge is -2.30. The number of rotatable bonds is 2. The van der Waals surface area contributed by atoms with Crippen molar-refractivity contribution >= 4 is 17.7 Å². The maximum Gasteiger partial charge on any atom is 0.325 e. The van der Waals surface area contributed by atoms with Crippen molar-refractivity contribution in [1.29, 1.82) is 0 Å². The topological polar surface area (TPSA) is 81.7 Å². The van der Waals surface area contributed by atoms with Crippen LogP contribution in [0.4, 0.5) is 0 Å². The molecule has 0 aromatic carbocycles. The van der Waals surface area contributed by atoms with Crippen LogP contribution in [0.5, 0.6) is 0 Å². The zero-order valence-corrected chi connectivity index (χ0v) is 11.1. The Hall–Kier alpha value is -1.43. The van der Waals surface area contributed by atoms with Gasteiger partial charge in [0.15, 0.2) is 5.78 Å². The summed E-state index contributed by atoms with van der Waals surface area (Å²) in [5.74, 6) is -2.72. The molecular weight excluding hydrogens is 238 g/mol. The minimum Gasteiger partial charge on any atom is -0.468 e. The number of Topliss-reactive ketones (excluding diaryl/α,β-unsaturated/α-hetero) is 1. The van der Waals surface area contributed by atoms with Crippen LogP contribution in [0.25, 0.3) is 0 Å². The third-order valence-electron chi connectivity index (χ3n) is 2.53. The highest BCUT2D eigenvalue weighted by Gasteiger charge is 2.43. The average Bonchev–Trinajstić information content (AvgIpc) is 2.25. The third kappa shape index (κ3) is 3.53. The van der Waals surface area contributed by atoms with Crippen LogP contribution in [-0.4, -0.2) is 43.0 Å². The van der Waals surface area contributed by atoms with E-state index in [9.17, 15) is 14.4 Å². The molecule has 6 nitrogen and oxygen atoms in total. The first kappa shape index (κ1) is 14.6. The molecule has 0 amide bonds. The zero-order chi connectivity index (χ0) is 13.9. The molecule has 2 unspecified atom stereocenters. The molecule has 0 aromatic heterocycles. The Balaban J connectivity index is 2.86. The monoisotopic (exact) mass is 257 g/mol.